The van der Waals surface area contributed by atoms with Crippen LogP contribution in [0.3, 0.4) is 0 Å². The third-order valence-electron chi connectivity index (χ3n) is 3.95. The second kappa shape index (κ2) is 8.63. The van der Waals surface area contributed by atoms with Crippen molar-refractivity contribution in [2.24, 2.45) is 0 Å². The van der Waals surface area contributed by atoms with Gasteiger partial charge in [-0.05, 0) is 32.0 Å². The summed E-state index contributed by atoms with van der Waals surface area (Å²) in [6.45, 7) is 1.31. The average molecular weight is 362 g/mol. The van der Waals surface area contributed by atoms with E-state index in [2.05, 4.69) is 5.32 Å². The summed E-state index contributed by atoms with van der Waals surface area (Å²) < 4.78 is 26.0. The standard InChI is InChI=1S/C15H23N3O3S.ClH/c1-16-11-13-7-6-10-18(13)15(19)12-17(2)22(20,21)14-8-4-3-5-9-14;/h3-5,8-9,13,16H,6-7,10-12H2,1-2H3;1H. The van der Waals surface area contributed by atoms with Crippen LogP contribution in [0.4, 0.5) is 0 Å². The molecule has 0 spiro atoms. The van der Waals surface area contributed by atoms with Crippen molar-refractivity contribution >= 4 is 28.3 Å². The SMILES string of the molecule is CNCC1CCCN1C(=O)CN(C)S(=O)(=O)c1ccccc1.Cl. The van der Waals surface area contributed by atoms with Crippen LogP contribution in [-0.2, 0) is 14.8 Å². The molecule has 0 saturated carbocycles. The van der Waals surface area contributed by atoms with Crippen LogP contribution >= 0.6 is 12.4 Å². The minimum atomic E-state index is -3.62. The Bertz CT molecular complexity index is 610. The lowest BCUT2D eigenvalue weighted by atomic mass is 10.2. The van der Waals surface area contributed by atoms with Gasteiger partial charge in [-0.3, -0.25) is 4.79 Å². The number of carbonyl (C=O) groups excluding carboxylic acids is 1. The first-order valence-corrected chi connectivity index (χ1v) is 8.86. The summed E-state index contributed by atoms with van der Waals surface area (Å²) in [7, 11) is -0.321. The lowest BCUT2D eigenvalue weighted by Crippen LogP contribution is -2.46. The van der Waals surface area contributed by atoms with Gasteiger partial charge in [0.25, 0.3) is 0 Å². The Balaban J connectivity index is 0.00000264. The first-order valence-electron chi connectivity index (χ1n) is 7.42. The van der Waals surface area contributed by atoms with Crippen molar-refractivity contribution < 1.29 is 13.2 Å². The number of likely N-dealkylation sites (N-methyl/N-ethyl adjacent to an activating group) is 2. The van der Waals surface area contributed by atoms with E-state index >= 15 is 0 Å². The molecule has 6 nitrogen and oxygen atoms in total. The maximum atomic E-state index is 12.4. The quantitative estimate of drug-likeness (QED) is 0.818. The first kappa shape index (κ1) is 19.9. The van der Waals surface area contributed by atoms with Gasteiger partial charge >= 0.3 is 0 Å². The van der Waals surface area contributed by atoms with Gasteiger partial charge in [-0.15, -0.1) is 12.4 Å². The van der Waals surface area contributed by atoms with Crippen LogP contribution in [0, 0.1) is 0 Å². The molecule has 1 amide bonds. The molecule has 0 aliphatic carbocycles. The van der Waals surface area contributed by atoms with Crippen LogP contribution in [0.15, 0.2) is 35.2 Å². The lowest BCUT2D eigenvalue weighted by Gasteiger charge is -2.26. The molecule has 1 aliphatic rings. The topological polar surface area (TPSA) is 69.7 Å². The van der Waals surface area contributed by atoms with Crippen molar-refractivity contribution in [2.45, 2.75) is 23.8 Å². The number of carbonyl (C=O) groups is 1. The fourth-order valence-corrected chi connectivity index (χ4v) is 3.89. The van der Waals surface area contributed by atoms with Gasteiger partial charge < -0.3 is 10.2 Å². The summed E-state index contributed by atoms with van der Waals surface area (Å²) in [5.74, 6) is -0.139. The molecule has 0 radical (unpaired) electrons. The van der Waals surface area contributed by atoms with Crippen LogP contribution in [-0.4, -0.2) is 63.3 Å². The molecule has 0 bridgehead atoms. The van der Waals surface area contributed by atoms with Crippen LogP contribution in [0.25, 0.3) is 0 Å². The second-order valence-electron chi connectivity index (χ2n) is 5.51. The molecule has 1 aliphatic heterocycles. The minimum absolute atomic E-state index is 0. The van der Waals surface area contributed by atoms with E-state index in [1.807, 2.05) is 7.05 Å². The van der Waals surface area contributed by atoms with Crippen molar-refractivity contribution in [2.75, 3.05) is 33.7 Å². The molecule has 23 heavy (non-hydrogen) atoms. The number of benzene rings is 1. The van der Waals surface area contributed by atoms with Crippen molar-refractivity contribution in [3.05, 3.63) is 30.3 Å². The van der Waals surface area contributed by atoms with Crippen LogP contribution < -0.4 is 5.32 Å². The number of rotatable bonds is 6. The molecule has 2 rings (SSSR count). The van der Waals surface area contributed by atoms with E-state index in [9.17, 15) is 13.2 Å². The molecule has 1 fully saturated rings. The molecule has 0 aromatic heterocycles. The molecule has 1 aromatic rings. The van der Waals surface area contributed by atoms with Gasteiger partial charge in [0.15, 0.2) is 0 Å². The number of nitrogens with zero attached hydrogens (tertiary/aromatic N) is 2. The van der Waals surface area contributed by atoms with Crippen molar-refractivity contribution in [1.82, 2.24) is 14.5 Å². The van der Waals surface area contributed by atoms with E-state index in [1.165, 1.54) is 19.2 Å². The largest absolute Gasteiger partial charge is 0.337 e. The summed E-state index contributed by atoms with van der Waals surface area (Å²) in [6.07, 6.45) is 1.93. The van der Waals surface area contributed by atoms with Crippen LogP contribution in [0.5, 0.6) is 0 Å². The summed E-state index contributed by atoms with van der Waals surface area (Å²) in [5.41, 5.74) is 0. The molecule has 1 heterocycles. The Kier molecular flexibility index (Phi) is 7.47. The Morgan fingerprint density at radius 1 is 1.35 bits per heavy atom. The molecule has 1 saturated heterocycles. The Morgan fingerprint density at radius 3 is 2.61 bits per heavy atom. The molecule has 1 N–H and O–H groups in total. The maximum Gasteiger partial charge on any atom is 0.243 e. The number of sulfonamides is 1. The maximum absolute atomic E-state index is 12.4. The summed E-state index contributed by atoms with van der Waals surface area (Å²) >= 11 is 0. The summed E-state index contributed by atoms with van der Waals surface area (Å²) in [6, 6.07) is 8.34. The van der Waals surface area contributed by atoms with Gasteiger partial charge in [0.2, 0.25) is 15.9 Å². The molecule has 8 heteroatoms. The predicted molar refractivity (Wildman–Crippen MR) is 92.2 cm³/mol. The smallest absolute Gasteiger partial charge is 0.243 e. The van der Waals surface area contributed by atoms with Crippen molar-refractivity contribution in [3.8, 4) is 0 Å². The fourth-order valence-electron chi connectivity index (χ4n) is 2.75. The molecule has 130 valence electrons. The Labute approximate surface area is 144 Å². The van der Waals surface area contributed by atoms with Gasteiger partial charge in [-0.25, -0.2) is 8.42 Å². The number of halogens is 1. The van der Waals surface area contributed by atoms with E-state index < -0.39 is 10.0 Å². The van der Waals surface area contributed by atoms with Crippen LogP contribution in [0.2, 0.25) is 0 Å². The zero-order valence-electron chi connectivity index (χ0n) is 13.4. The van der Waals surface area contributed by atoms with Gasteiger partial charge in [-0.2, -0.15) is 4.31 Å². The average Bonchev–Trinajstić information content (AvgIpc) is 2.97. The zero-order chi connectivity index (χ0) is 16.2. The van der Waals surface area contributed by atoms with E-state index in [-0.39, 0.29) is 35.8 Å². The third-order valence-corrected chi connectivity index (χ3v) is 5.76. The van der Waals surface area contributed by atoms with E-state index in [0.717, 1.165) is 23.7 Å². The van der Waals surface area contributed by atoms with Gasteiger partial charge in [-0.1, -0.05) is 18.2 Å². The number of likely N-dealkylation sites (tertiary alicyclic amines) is 1. The van der Waals surface area contributed by atoms with Crippen molar-refractivity contribution in [3.63, 3.8) is 0 Å². The van der Waals surface area contributed by atoms with Gasteiger partial charge in [0.05, 0.1) is 11.4 Å². The molecule has 1 atom stereocenters. The summed E-state index contributed by atoms with van der Waals surface area (Å²) in [5, 5.41) is 3.08. The normalized spacial score (nSPS) is 18.0. The highest BCUT2D eigenvalue weighted by Crippen LogP contribution is 2.18. The summed E-state index contributed by atoms with van der Waals surface area (Å²) in [4.78, 5) is 14.4. The minimum Gasteiger partial charge on any atom is -0.337 e. The molecular weight excluding hydrogens is 338 g/mol. The number of hydrogen-bond acceptors (Lipinski definition) is 4. The predicted octanol–water partition coefficient (Wildman–Crippen LogP) is 0.939. The highest BCUT2D eigenvalue weighted by Gasteiger charge is 2.31. The highest BCUT2D eigenvalue weighted by atomic mass is 35.5. The van der Waals surface area contributed by atoms with Gasteiger partial charge in [0, 0.05) is 26.2 Å². The number of amides is 1. The van der Waals surface area contributed by atoms with E-state index in [0.29, 0.717) is 6.54 Å². The lowest BCUT2D eigenvalue weighted by molar-refractivity contribution is -0.131. The Morgan fingerprint density at radius 2 is 2.00 bits per heavy atom. The molecular formula is C15H24ClN3O3S. The first-order chi connectivity index (χ1) is 10.5. The fraction of sp³-hybridized carbons (Fsp3) is 0.533. The van der Waals surface area contributed by atoms with Crippen molar-refractivity contribution in [1.29, 1.82) is 0 Å². The third kappa shape index (κ3) is 4.67. The van der Waals surface area contributed by atoms with Gasteiger partial charge in [0.1, 0.15) is 0 Å². The number of nitrogens with one attached hydrogen (secondary N) is 1. The zero-order valence-corrected chi connectivity index (χ0v) is 15.1. The monoisotopic (exact) mass is 361 g/mol. The highest BCUT2D eigenvalue weighted by molar-refractivity contribution is 7.89. The van der Waals surface area contributed by atoms with E-state index in [1.54, 1.807) is 23.1 Å². The molecule has 1 aromatic carbocycles. The van der Waals surface area contributed by atoms with Crippen LogP contribution in [0.1, 0.15) is 12.8 Å². The molecule has 1 unspecified atom stereocenters. The number of hydrogen-bond donors (Lipinski definition) is 1. The second-order valence-corrected chi connectivity index (χ2v) is 7.56. The van der Waals surface area contributed by atoms with E-state index in [4.69, 9.17) is 0 Å². The Hall–Kier alpha value is -1.15.